The highest BCUT2D eigenvalue weighted by Crippen LogP contribution is 2.41. The lowest BCUT2D eigenvalue weighted by Gasteiger charge is -2.26. The summed E-state index contributed by atoms with van der Waals surface area (Å²) in [5.41, 5.74) is 0.444. The summed E-state index contributed by atoms with van der Waals surface area (Å²) in [5, 5.41) is 3.41. The first-order chi connectivity index (χ1) is 14.6. The molecule has 2 fully saturated rings. The van der Waals surface area contributed by atoms with Gasteiger partial charge in [-0.25, -0.2) is 24.3 Å². The lowest BCUT2D eigenvalue weighted by atomic mass is 9.95. The van der Waals surface area contributed by atoms with Crippen molar-refractivity contribution in [2.75, 3.05) is 5.32 Å². The Hall–Kier alpha value is -2.94. The fourth-order valence-corrected chi connectivity index (χ4v) is 4.74. The fraction of sp³-hybridized carbons (Fsp3) is 0.286. The molecule has 1 N–H and O–H groups in total. The van der Waals surface area contributed by atoms with Crippen LogP contribution in [-0.2, 0) is 0 Å². The minimum absolute atomic E-state index is 0.0146. The van der Waals surface area contributed by atoms with Crippen molar-refractivity contribution in [3.63, 3.8) is 0 Å². The van der Waals surface area contributed by atoms with Crippen LogP contribution in [0.1, 0.15) is 29.6 Å². The maximum absolute atomic E-state index is 14.7. The second kappa shape index (κ2) is 7.71. The molecule has 4 heterocycles. The molecule has 3 aromatic rings. The largest absolute Gasteiger partial charge is 0.364 e. The highest BCUT2D eigenvalue weighted by Gasteiger charge is 2.49. The van der Waals surface area contributed by atoms with Crippen LogP contribution in [0, 0.1) is 5.82 Å². The zero-order valence-corrected chi connectivity index (χ0v) is 17.5. The molecule has 2 saturated heterocycles. The number of nitrogens with one attached hydrogen (secondary N) is 1. The molecule has 0 radical (unpaired) electrons. The Morgan fingerprint density at radius 2 is 1.93 bits per heavy atom. The molecule has 3 atom stereocenters. The first kappa shape index (κ1) is 19.0. The predicted molar refractivity (Wildman–Crippen MR) is 112 cm³/mol. The molecule has 0 unspecified atom stereocenters. The Morgan fingerprint density at radius 3 is 2.70 bits per heavy atom. The molecule has 1 amide bonds. The van der Waals surface area contributed by atoms with Gasteiger partial charge in [-0.2, -0.15) is 0 Å². The van der Waals surface area contributed by atoms with E-state index in [0.29, 0.717) is 16.0 Å². The van der Waals surface area contributed by atoms with Gasteiger partial charge >= 0.3 is 0 Å². The maximum Gasteiger partial charge on any atom is 0.255 e. The van der Waals surface area contributed by atoms with Crippen LogP contribution < -0.4 is 5.32 Å². The number of benzene rings is 1. The molecular weight excluding hydrogens is 451 g/mol. The van der Waals surface area contributed by atoms with Gasteiger partial charge < -0.3 is 10.2 Å². The molecule has 0 aliphatic carbocycles. The number of fused-ring (bicyclic) bond motifs is 2. The second-order valence-electron chi connectivity index (χ2n) is 7.46. The number of amides is 1. The van der Waals surface area contributed by atoms with Crippen LogP contribution in [0.3, 0.4) is 0 Å². The quantitative estimate of drug-likeness (QED) is 0.628. The van der Waals surface area contributed by atoms with E-state index in [9.17, 15) is 9.18 Å². The Morgan fingerprint density at radius 1 is 1.10 bits per heavy atom. The molecule has 9 heteroatoms. The molecule has 1 aromatic carbocycles. The Balaban J connectivity index is 1.44. The van der Waals surface area contributed by atoms with Gasteiger partial charge in [-0.15, -0.1) is 0 Å². The van der Waals surface area contributed by atoms with Crippen molar-refractivity contribution < 1.29 is 9.18 Å². The zero-order chi connectivity index (χ0) is 20.7. The van der Waals surface area contributed by atoms with Crippen LogP contribution >= 0.6 is 15.9 Å². The van der Waals surface area contributed by atoms with Crippen molar-refractivity contribution in [2.45, 2.75) is 37.4 Å². The predicted octanol–water partition coefficient (Wildman–Crippen LogP) is 3.69. The molecule has 0 saturated carbocycles. The molecule has 2 aliphatic heterocycles. The molecule has 2 aromatic heterocycles. The van der Waals surface area contributed by atoms with Crippen LogP contribution in [0.5, 0.6) is 0 Å². The van der Waals surface area contributed by atoms with Crippen molar-refractivity contribution in [1.82, 2.24) is 24.8 Å². The summed E-state index contributed by atoms with van der Waals surface area (Å²) >= 11 is 3.28. The number of carbonyl (C=O) groups is 1. The average Bonchev–Trinajstić information content (AvgIpc) is 3.33. The maximum atomic E-state index is 14.7. The molecule has 0 spiro atoms. The topological polar surface area (TPSA) is 83.9 Å². The summed E-state index contributed by atoms with van der Waals surface area (Å²) in [6.45, 7) is 0. The summed E-state index contributed by atoms with van der Waals surface area (Å²) in [7, 11) is 0. The highest BCUT2D eigenvalue weighted by atomic mass is 79.9. The fourth-order valence-electron chi connectivity index (χ4n) is 4.53. The first-order valence-corrected chi connectivity index (χ1v) is 10.5. The molecule has 2 bridgehead atoms. The van der Waals surface area contributed by atoms with E-state index in [1.807, 2.05) is 4.90 Å². The van der Waals surface area contributed by atoms with E-state index in [1.165, 1.54) is 6.07 Å². The SMILES string of the molecule is O=C(c1cccc(F)c1-c1ncccn1)N1[C@@H]2CC[C@H]1[C@H](Nc1cnc(Br)cn1)C2. The second-order valence-corrected chi connectivity index (χ2v) is 8.27. The summed E-state index contributed by atoms with van der Waals surface area (Å²) in [4.78, 5) is 32.3. The third kappa shape index (κ3) is 3.32. The third-order valence-corrected chi connectivity index (χ3v) is 6.17. The van der Waals surface area contributed by atoms with E-state index < -0.39 is 5.82 Å². The van der Waals surface area contributed by atoms with Crippen molar-refractivity contribution in [3.8, 4) is 11.4 Å². The number of anilines is 1. The van der Waals surface area contributed by atoms with Gasteiger partial charge in [-0.3, -0.25) is 4.79 Å². The minimum Gasteiger partial charge on any atom is -0.364 e. The van der Waals surface area contributed by atoms with Gasteiger partial charge in [0.05, 0.1) is 35.6 Å². The van der Waals surface area contributed by atoms with Gasteiger partial charge in [0, 0.05) is 18.4 Å². The monoisotopic (exact) mass is 468 g/mol. The number of aromatic nitrogens is 4. The molecular formula is C21H18BrFN6O. The van der Waals surface area contributed by atoms with E-state index >= 15 is 0 Å². The smallest absolute Gasteiger partial charge is 0.255 e. The first-order valence-electron chi connectivity index (χ1n) is 9.74. The summed E-state index contributed by atoms with van der Waals surface area (Å²) in [6, 6.07) is 6.40. The molecule has 5 rings (SSSR count). The van der Waals surface area contributed by atoms with E-state index in [1.54, 1.807) is 43.0 Å². The Labute approximate surface area is 180 Å². The summed E-state index contributed by atoms with van der Waals surface area (Å²) in [6.07, 6.45) is 9.04. The standard InChI is InChI=1S/C21H18BrFN6O/c22-17-10-27-18(11-26-17)28-15-9-12-5-6-16(15)29(12)21(30)13-3-1-4-14(23)19(13)20-24-7-2-8-25-20/h1-4,7-8,10-12,15-16H,5-6,9H2,(H,27,28)/t12-,15-,16+/m1/s1. The number of rotatable bonds is 4. The van der Waals surface area contributed by atoms with Gasteiger partial charge in [0.1, 0.15) is 16.2 Å². The van der Waals surface area contributed by atoms with Crippen molar-refractivity contribution in [1.29, 1.82) is 0 Å². The van der Waals surface area contributed by atoms with Crippen LogP contribution in [0.4, 0.5) is 10.2 Å². The normalized spacial score (nSPS) is 22.3. The molecule has 7 nitrogen and oxygen atoms in total. The van der Waals surface area contributed by atoms with Crippen LogP contribution in [0.15, 0.2) is 53.7 Å². The summed E-state index contributed by atoms with van der Waals surface area (Å²) in [5.74, 6) is 0.201. The third-order valence-electron chi connectivity index (χ3n) is 5.76. The molecule has 152 valence electrons. The van der Waals surface area contributed by atoms with Gasteiger partial charge in [0.25, 0.3) is 5.91 Å². The van der Waals surface area contributed by atoms with E-state index in [0.717, 1.165) is 19.3 Å². The lowest BCUT2D eigenvalue weighted by Crippen LogP contribution is -2.40. The minimum atomic E-state index is -0.501. The zero-order valence-electron chi connectivity index (χ0n) is 15.9. The Bertz CT molecular complexity index is 1080. The highest BCUT2D eigenvalue weighted by molar-refractivity contribution is 9.10. The lowest BCUT2D eigenvalue weighted by molar-refractivity contribution is 0.0728. The van der Waals surface area contributed by atoms with E-state index in [2.05, 4.69) is 41.2 Å². The Kier molecular flexibility index (Phi) is 4.90. The molecule has 2 aliphatic rings. The number of hydrogen-bond acceptors (Lipinski definition) is 6. The van der Waals surface area contributed by atoms with E-state index in [4.69, 9.17) is 0 Å². The van der Waals surface area contributed by atoms with Crippen molar-refractivity contribution >= 4 is 27.7 Å². The van der Waals surface area contributed by atoms with Crippen molar-refractivity contribution in [2.24, 2.45) is 0 Å². The van der Waals surface area contributed by atoms with Crippen LogP contribution in [-0.4, -0.2) is 48.9 Å². The summed E-state index contributed by atoms with van der Waals surface area (Å²) < 4.78 is 15.4. The van der Waals surface area contributed by atoms with Gasteiger partial charge in [-0.05, 0) is 53.4 Å². The van der Waals surface area contributed by atoms with Crippen molar-refractivity contribution in [3.05, 3.63) is 65.0 Å². The van der Waals surface area contributed by atoms with Gasteiger partial charge in [0.15, 0.2) is 5.82 Å². The van der Waals surface area contributed by atoms with Gasteiger partial charge in [-0.1, -0.05) is 6.07 Å². The number of hydrogen-bond donors (Lipinski definition) is 1. The number of nitrogens with zero attached hydrogens (tertiary/aromatic N) is 5. The van der Waals surface area contributed by atoms with Crippen LogP contribution in [0.25, 0.3) is 11.4 Å². The average molecular weight is 469 g/mol. The van der Waals surface area contributed by atoms with Crippen LogP contribution in [0.2, 0.25) is 0 Å². The van der Waals surface area contributed by atoms with E-state index in [-0.39, 0.29) is 35.4 Å². The molecule has 30 heavy (non-hydrogen) atoms. The van der Waals surface area contributed by atoms with Gasteiger partial charge in [0.2, 0.25) is 0 Å². The number of carbonyl (C=O) groups excluding carboxylic acids is 1. The number of halogens is 2.